The number of benzene rings is 2. The van der Waals surface area contributed by atoms with Gasteiger partial charge in [-0.25, -0.2) is 0 Å². The first-order valence-electron chi connectivity index (χ1n) is 8.29. The lowest BCUT2D eigenvalue weighted by molar-refractivity contribution is 1.23. The second-order valence-corrected chi connectivity index (χ2v) is 6.74. The molecular weight excluding hydrogens is 264 g/mol. The van der Waals surface area contributed by atoms with Gasteiger partial charge in [0.05, 0.1) is 0 Å². The van der Waals surface area contributed by atoms with E-state index in [1.165, 1.54) is 22.3 Å². The summed E-state index contributed by atoms with van der Waals surface area (Å²) in [6, 6.07) is 0. The molecule has 0 N–H and O–H groups in total. The molecule has 4 aliphatic carbocycles. The summed E-state index contributed by atoms with van der Waals surface area (Å²) < 4.78 is 0. The minimum absolute atomic E-state index is 1.10. The predicted octanol–water partition coefficient (Wildman–Crippen LogP) is 5.12. The zero-order valence-electron chi connectivity index (χ0n) is 12.4. The van der Waals surface area contributed by atoms with Crippen molar-refractivity contribution in [3.63, 3.8) is 0 Å². The van der Waals surface area contributed by atoms with Crippen LogP contribution in [-0.2, 0) is 25.7 Å². The average molecular weight is 280 g/mol. The third kappa shape index (κ3) is 1.14. The normalized spacial score (nSPS) is 18.4. The highest BCUT2D eigenvalue weighted by Gasteiger charge is 2.28. The Balaban J connectivity index is 1.92. The number of allylic oxidation sites excluding steroid dienone is 4. The van der Waals surface area contributed by atoms with Crippen molar-refractivity contribution in [2.24, 2.45) is 0 Å². The molecule has 0 fully saturated rings. The van der Waals surface area contributed by atoms with Crippen LogP contribution in [0.3, 0.4) is 0 Å². The zero-order chi connectivity index (χ0) is 14.3. The lowest BCUT2D eigenvalue weighted by Crippen LogP contribution is -2.02. The molecule has 0 aliphatic heterocycles. The smallest absolute Gasteiger partial charge is 0.00608 e. The van der Waals surface area contributed by atoms with Crippen molar-refractivity contribution in [1.82, 2.24) is 0 Å². The second-order valence-electron chi connectivity index (χ2n) is 6.74. The molecule has 0 radical (unpaired) electrons. The average Bonchev–Trinajstić information content (AvgIpc) is 3.28. The molecule has 0 unspecified atom stereocenters. The maximum atomic E-state index is 2.37. The molecule has 0 saturated carbocycles. The fourth-order valence-electron chi connectivity index (χ4n) is 4.94. The van der Waals surface area contributed by atoms with Crippen molar-refractivity contribution in [3.05, 3.63) is 68.8 Å². The minimum atomic E-state index is 1.10. The highest BCUT2D eigenvalue weighted by atomic mass is 14.3. The molecule has 0 heterocycles. The van der Waals surface area contributed by atoms with Crippen molar-refractivity contribution in [3.8, 4) is 0 Å². The van der Waals surface area contributed by atoms with Crippen LogP contribution in [0.25, 0.3) is 35.1 Å². The molecule has 0 atom stereocenters. The van der Waals surface area contributed by atoms with Crippen LogP contribution in [-0.4, -0.2) is 0 Å². The van der Waals surface area contributed by atoms with Gasteiger partial charge in [-0.3, -0.25) is 0 Å². The Morgan fingerprint density at radius 3 is 1.55 bits per heavy atom. The van der Waals surface area contributed by atoms with Crippen molar-refractivity contribution in [1.29, 1.82) is 0 Å². The zero-order valence-corrected chi connectivity index (χ0v) is 12.4. The van der Waals surface area contributed by atoms with Gasteiger partial charge in [0.25, 0.3) is 0 Å². The summed E-state index contributed by atoms with van der Waals surface area (Å²) in [5.74, 6) is 0. The molecule has 0 amide bonds. The Morgan fingerprint density at radius 2 is 0.864 bits per heavy atom. The molecule has 4 aliphatic rings. The number of fused-ring (bicyclic) bond motifs is 11. The Kier molecular flexibility index (Phi) is 1.89. The van der Waals surface area contributed by atoms with Crippen molar-refractivity contribution in [2.75, 3.05) is 0 Å². The summed E-state index contributed by atoms with van der Waals surface area (Å²) >= 11 is 0. The largest absolute Gasteiger partial charge is 0.0795 e. The lowest BCUT2D eigenvalue weighted by atomic mass is 9.83. The van der Waals surface area contributed by atoms with Crippen LogP contribution < -0.4 is 0 Å². The highest BCUT2D eigenvalue weighted by Crippen LogP contribution is 2.47. The van der Waals surface area contributed by atoms with Gasteiger partial charge in [0.15, 0.2) is 0 Å². The maximum Gasteiger partial charge on any atom is -0.00608 e. The molecule has 22 heavy (non-hydrogen) atoms. The van der Waals surface area contributed by atoms with E-state index in [0.29, 0.717) is 0 Å². The fraction of sp³-hybridized carbons (Fsp3) is 0.182. The first-order chi connectivity index (χ1) is 10.9. The Hall–Kier alpha value is -2.34. The Morgan fingerprint density at radius 1 is 0.409 bits per heavy atom. The van der Waals surface area contributed by atoms with Gasteiger partial charge in [-0.2, -0.15) is 0 Å². The molecule has 6 rings (SSSR count). The molecule has 0 spiro atoms. The van der Waals surface area contributed by atoms with Gasteiger partial charge >= 0.3 is 0 Å². The van der Waals surface area contributed by atoms with E-state index in [-0.39, 0.29) is 0 Å². The van der Waals surface area contributed by atoms with E-state index in [0.717, 1.165) is 25.7 Å². The molecule has 0 bridgehead atoms. The third-order valence-electron chi connectivity index (χ3n) is 5.77. The van der Waals surface area contributed by atoms with Gasteiger partial charge in [-0.05, 0) is 81.0 Å². The van der Waals surface area contributed by atoms with E-state index < -0.39 is 0 Å². The minimum Gasteiger partial charge on any atom is -0.0795 e. The molecule has 0 saturated heterocycles. The van der Waals surface area contributed by atoms with Gasteiger partial charge in [0, 0.05) is 0 Å². The maximum absolute atomic E-state index is 2.37. The number of hydrogen-bond donors (Lipinski definition) is 0. The van der Waals surface area contributed by atoms with E-state index in [2.05, 4.69) is 48.6 Å². The van der Waals surface area contributed by atoms with Crippen LogP contribution in [0.1, 0.15) is 44.5 Å². The van der Waals surface area contributed by atoms with Gasteiger partial charge in [0.2, 0.25) is 0 Å². The van der Waals surface area contributed by atoms with E-state index in [1.54, 1.807) is 33.0 Å². The summed E-state index contributed by atoms with van der Waals surface area (Å²) in [6.45, 7) is 0. The van der Waals surface area contributed by atoms with Crippen LogP contribution in [0.4, 0.5) is 0 Å². The molecular formula is C22H16. The second kappa shape index (κ2) is 3.70. The first-order valence-corrected chi connectivity index (χ1v) is 8.29. The monoisotopic (exact) mass is 280 g/mol. The summed E-state index contributed by atoms with van der Waals surface area (Å²) in [7, 11) is 0. The van der Waals surface area contributed by atoms with Crippen molar-refractivity contribution >= 4 is 35.1 Å². The van der Waals surface area contributed by atoms with E-state index in [1.807, 2.05) is 0 Å². The van der Waals surface area contributed by atoms with E-state index in [9.17, 15) is 0 Å². The first kappa shape index (κ1) is 11.3. The van der Waals surface area contributed by atoms with Crippen LogP contribution in [0.2, 0.25) is 0 Å². The Bertz CT molecular complexity index is 1010. The predicted molar refractivity (Wildman–Crippen MR) is 94.9 cm³/mol. The molecule has 2 aromatic rings. The molecule has 0 nitrogen and oxygen atoms in total. The van der Waals surface area contributed by atoms with Gasteiger partial charge in [-0.1, -0.05) is 48.6 Å². The summed E-state index contributed by atoms with van der Waals surface area (Å²) in [6.07, 6.45) is 23.2. The van der Waals surface area contributed by atoms with Crippen LogP contribution in [0.5, 0.6) is 0 Å². The van der Waals surface area contributed by atoms with Gasteiger partial charge < -0.3 is 0 Å². The standard InChI is InChI=1S/C22H16/c1-5-13-14-6-2-10-18(14)22-20-12-4-8-16(20)15-7-3-11-19(15)21(22)17(13)9-1/h1-7,12H,8-11H2. The van der Waals surface area contributed by atoms with E-state index in [4.69, 9.17) is 0 Å². The third-order valence-corrected chi connectivity index (χ3v) is 5.77. The Labute approximate surface area is 130 Å². The summed E-state index contributed by atoms with van der Waals surface area (Å²) in [5.41, 5.74) is 12.3. The van der Waals surface area contributed by atoms with Crippen LogP contribution in [0, 0.1) is 0 Å². The topological polar surface area (TPSA) is 0 Å². The molecule has 2 aromatic carbocycles. The quantitative estimate of drug-likeness (QED) is 0.628. The molecule has 104 valence electrons. The fourth-order valence-corrected chi connectivity index (χ4v) is 4.94. The van der Waals surface area contributed by atoms with Gasteiger partial charge in [-0.15, -0.1) is 0 Å². The lowest BCUT2D eigenvalue weighted by Gasteiger charge is -2.20. The van der Waals surface area contributed by atoms with Crippen molar-refractivity contribution in [2.45, 2.75) is 25.7 Å². The van der Waals surface area contributed by atoms with E-state index >= 15 is 0 Å². The van der Waals surface area contributed by atoms with Crippen LogP contribution >= 0.6 is 0 Å². The summed E-state index contributed by atoms with van der Waals surface area (Å²) in [4.78, 5) is 0. The number of hydrogen-bond acceptors (Lipinski definition) is 0. The highest BCUT2D eigenvalue weighted by molar-refractivity contribution is 6.07. The number of rotatable bonds is 0. The SMILES string of the molecule is C1=Cc2c(c3c(c4c5c(c6c(c24)CC=C6)C=CC5)CC=C3)C1. The van der Waals surface area contributed by atoms with Gasteiger partial charge in [0.1, 0.15) is 0 Å². The van der Waals surface area contributed by atoms with Crippen molar-refractivity contribution < 1.29 is 0 Å². The molecule has 0 aromatic heterocycles. The summed E-state index contributed by atoms with van der Waals surface area (Å²) in [5, 5.41) is 3.14. The molecule has 0 heteroatoms. The van der Waals surface area contributed by atoms with Crippen LogP contribution in [0.15, 0.2) is 24.3 Å².